The first kappa shape index (κ1) is 20.7. The van der Waals surface area contributed by atoms with Crippen molar-refractivity contribution in [3.8, 4) is 11.5 Å². The van der Waals surface area contributed by atoms with Gasteiger partial charge in [-0.2, -0.15) is 0 Å². The molecule has 0 saturated heterocycles. The predicted molar refractivity (Wildman–Crippen MR) is 112 cm³/mol. The maximum Gasteiger partial charge on any atom is 0.313 e. The summed E-state index contributed by atoms with van der Waals surface area (Å²) in [7, 11) is 3.13. The lowest BCUT2D eigenvalue weighted by atomic mass is 10.3. The van der Waals surface area contributed by atoms with Crippen molar-refractivity contribution in [1.82, 2.24) is 5.32 Å². The molecular weight excluding hydrogens is 386 g/mol. The first-order valence-electron chi connectivity index (χ1n) is 9.08. The number of nitrogens with zero attached hydrogens (tertiary/aromatic N) is 1. The maximum atomic E-state index is 11.9. The quantitative estimate of drug-likeness (QED) is 0.462. The molecule has 2 N–H and O–H groups in total. The number of benzene rings is 2. The van der Waals surface area contributed by atoms with Crippen LogP contribution < -0.4 is 20.1 Å². The van der Waals surface area contributed by atoms with Gasteiger partial charge in [-0.3, -0.25) is 9.59 Å². The van der Waals surface area contributed by atoms with E-state index in [0.717, 1.165) is 0 Å². The van der Waals surface area contributed by atoms with Crippen LogP contribution in [-0.2, 0) is 16.1 Å². The van der Waals surface area contributed by atoms with E-state index < -0.39 is 11.8 Å². The molecule has 0 aliphatic rings. The topological polar surface area (TPSA) is 102 Å². The van der Waals surface area contributed by atoms with Crippen molar-refractivity contribution in [2.24, 2.45) is 4.99 Å². The molecule has 0 radical (unpaired) electrons. The number of furan rings is 1. The van der Waals surface area contributed by atoms with Crippen molar-refractivity contribution >= 4 is 29.4 Å². The summed E-state index contributed by atoms with van der Waals surface area (Å²) < 4.78 is 16.1. The fraction of sp³-hybridized carbons (Fsp3) is 0.136. The molecule has 1 aromatic heterocycles. The van der Waals surface area contributed by atoms with Gasteiger partial charge >= 0.3 is 11.8 Å². The molecule has 0 fully saturated rings. The van der Waals surface area contributed by atoms with E-state index in [9.17, 15) is 9.59 Å². The van der Waals surface area contributed by atoms with E-state index in [-0.39, 0.29) is 6.54 Å². The zero-order valence-electron chi connectivity index (χ0n) is 16.5. The summed E-state index contributed by atoms with van der Waals surface area (Å²) in [4.78, 5) is 28.2. The Morgan fingerprint density at radius 2 is 1.80 bits per heavy atom. The van der Waals surface area contributed by atoms with Crippen molar-refractivity contribution in [1.29, 1.82) is 0 Å². The number of hydrogen-bond acceptors (Lipinski definition) is 6. The monoisotopic (exact) mass is 407 g/mol. The number of amides is 2. The molecule has 3 aromatic rings. The average Bonchev–Trinajstić information content (AvgIpc) is 3.24. The van der Waals surface area contributed by atoms with Gasteiger partial charge in [0.1, 0.15) is 28.7 Å². The summed E-state index contributed by atoms with van der Waals surface area (Å²) in [6, 6.07) is 17.4. The number of rotatable bonds is 7. The van der Waals surface area contributed by atoms with Crippen LogP contribution in [0.3, 0.4) is 0 Å². The van der Waals surface area contributed by atoms with Gasteiger partial charge in [0.05, 0.1) is 27.0 Å². The minimum Gasteiger partial charge on any atom is -0.497 e. The molecule has 0 aliphatic heterocycles. The highest BCUT2D eigenvalue weighted by Gasteiger charge is 2.14. The lowest BCUT2D eigenvalue weighted by Crippen LogP contribution is -2.34. The highest BCUT2D eigenvalue weighted by atomic mass is 16.5. The summed E-state index contributed by atoms with van der Waals surface area (Å²) in [6.45, 7) is 0.0702. The van der Waals surface area contributed by atoms with Gasteiger partial charge in [-0.25, -0.2) is 4.99 Å². The number of carbonyl (C=O) groups is 2. The molecule has 3 rings (SSSR count). The molecule has 2 aromatic carbocycles. The van der Waals surface area contributed by atoms with Gasteiger partial charge in [0.25, 0.3) is 0 Å². The Morgan fingerprint density at radius 3 is 2.53 bits per heavy atom. The molecule has 0 aliphatic carbocycles. The second kappa shape index (κ2) is 9.92. The summed E-state index contributed by atoms with van der Waals surface area (Å²) in [5.41, 5.74) is 1.16. The molecule has 0 spiro atoms. The number of anilines is 1. The van der Waals surface area contributed by atoms with Gasteiger partial charge in [0, 0.05) is 11.8 Å². The molecule has 30 heavy (non-hydrogen) atoms. The molecule has 0 saturated carbocycles. The van der Waals surface area contributed by atoms with Gasteiger partial charge in [-0.05, 0) is 36.4 Å². The van der Waals surface area contributed by atoms with Crippen LogP contribution in [0.4, 0.5) is 11.4 Å². The lowest BCUT2D eigenvalue weighted by molar-refractivity contribution is -0.136. The highest BCUT2D eigenvalue weighted by molar-refractivity contribution is 6.39. The highest BCUT2D eigenvalue weighted by Crippen LogP contribution is 2.31. The fourth-order valence-corrected chi connectivity index (χ4v) is 2.54. The van der Waals surface area contributed by atoms with Crippen molar-refractivity contribution in [2.75, 3.05) is 19.5 Å². The Hall–Kier alpha value is -4.07. The van der Waals surface area contributed by atoms with Crippen LogP contribution in [-0.4, -0.2) is 32.2 Å². The fourth-order valence-electron chi connectivity index (χ4n) is 2.54. The van der Waals surface area contributed by atoms with Crippen molar-refractivity contribution in [3.05, 3.63) is 72.2 Å². The lowest BCUT2D eigenvalue weighted by Gasteiger charge is -2.06. The number of para-hydroxylation sites is 1. The van der Waals surface area contributed by atoms with E-state index in [0.29, 0.717) is 34.4 Å². The normalized spacial score (nSPS) is 10.6. The average molecular weight is 407 g/mol. The Balaban J connectivity index is 1.55. The minimum atomic E-state index is -0.756. The molecule has 8 nitrogen and oxygen atoms in total. The van der Waals surface area contributed by atoms with Crippen molar-refractivity contribution in [2.45, 2.75) is 6.54 Å². The zero-order valence-corrected chi connectivity index (χ0v) is 16.5. The van der Waals surface area contributed by atoms with Gasteiger partial charge in [0.15, 0.2) is 0 Å². The van der Waals surface area contributed by atoms with Crippen LogP contribution in [0.2, 0.25) is 0 Å². The molecular formula is C22H21N3O5. The molecule has 8 heteroatoms. The minimum absolute atomic E-state index is 0.0702. The summed E-state index contributed by atoms with van der Waals surface area (Å²) >= 11 is 0. The van der Waals surface area contributed by atoms with Crippen molar-refractivity contribution in [3.63, 3.8) is 0 Å². The van der Waals surface area contributed by atoms with Crippen LogP contribution in [0.5, 0.6) is 11.5 Å². The third-order valence-electron chi connectivity index (χ3n) is 4.06. The number of aliphatic imine (C=N–C) groups is 1. The second-order valence-electron chi connectivity index (χ2n) is 6.10. The number of hydrogen-bond donors (Lipinski definition) is 2. The number of ether oxygens (including phenoxy) is 2. The molecule has 1 heterocycles. The van der Waals surface area contributed by atoms with E-state index in [1.807, 2.05) is 6.07 Å². The smallest absolute Gasteiger partial charge is 0.313 e. The number of carbonyl (C=O) groups excluding carboxylic acids is 2. The molecule has 0 bridgehead atoms. The molecule has 0 unspecified atom stereocenters. The SMILES string of the molecule is COc1ccc(N=Cc2ccc(CNC(=O)C(=O)Nc3ccccc3)o2)c(OC)c1. The van der Waals surface area contributed by atoms with Crippen LogP contribution >= 0.6 is 0 Å². The Morgan fingerprint density at radius 1 is 1.00 bits per heavy atom. The van der Waals surface area contributed by atoms with Gasteiger partial charge in [-0.15, -0.1) is 0 Å². The largest absolute Gasteiger partial charge is 0.497 e. The zero-order chi connectivity index (χ0) is 21.3. The van der Waals surface area contributed by atoms with E-state index in [2.05, 4.69) is 15.6 Å². The Kier molecular flexibility index (Phi) is 6.83. The first-order chi connectivity index (χ1) is 14.6. The summed E-state index contributed by atoms with van der Waals surface area (Å²) in [6.07, 6.45) is 1.54. The van der Waals surface area contributed by atoms with E-state index >= 15 is 0 Å². The van der Waals surface area contributed by atoms with E-state index in [1.54, 1.807) is 68.8 Å². The van der Waals surface area contributed by atoms with Crippen LogP contribution in [0.1, 0.15) is 11.5 Å². The Bertz CT molecular complexity index is 1040. The van der Waals surface area contributed by atoms with Crippen LogP contribution in [0, 0.1) is 0 Å². The van der Waals surface area contributed by atoms with E-state index in [4.69, 9.17) is 13.9 Å². The second-order valence-corrected chi connectivity index (χ2v) is 6.10. The summed E-state index contributed by atoms with van der Waals surface area (Å²) in [5, 5.41) is 5.03. The predicted octanol–water partition coefficient (Wildman–Crippen LogP) is 3.30. The number of methoxy groups -OCH3 is 2. The van der Waals surface area contributed by atoms with Gasteiger partial charge < -0.3 is 24.5 Å². The standard InChI is InChI=1S/C22H21N3O5/c1-28-16-10-11-19(20(12-16)29-2)23-13-17-8-9-18(30-17)14-24-21(26)22(27)25-15-6-4-3-5-7-15/h3-13H,14H2,1-2H3,(H,24,26)(H,25,27). The molecule has 2 amide bonds. The van der Waals surface area contributed by atoms with Crippen LogP contribution in [0.15, 0.2) is 70.1 Å². The third-order valence-corrected chi connectivity index (χ3v) is 4.06. The maximum absolute atomic E-state index is 11.9. The van der Waals surface area contributed by atoms with Gasteiger partial charge in [-0.1, -0.05) is 18.2 Å². The van der Waals surface area contributed by atoms with E-state index in [1.165, 1.54) is 6.21 Å². The number of nitrogens with one attached hydrogen (secondary N) is 2. The third kappa shape index (κ3) is 5.48. The Labute approximate surface area is 173 Å². The first-order valence-corrected chi connectivity index (χ1v) is 9.08. The molecule has 154 valence electrons. The van der Waals surface area contributed by atoms with Crippen molar-refractivity contribution < 1.29 is 23.5 Å². The van der Waals surface area contributed by atoms with Crippen LogP contribution in [0.25, 0.3) is 0 Å². The molecule has 0 atom stereocenters. The van der Waals surface area contributed by atoms with Gasteiger partial charge in [0.2, 0.25) is 0 Å². The summed E-state index contributed by atoms with van der Waals surface area (Å²) in [5.74, 6) is 0.701.